The van der Waals surface area contributed by atoms with Gasteiger partial charge in [-0.2, -0.15) is 0 Å². The van der Waals surface area contributed by atoms with Crippen LogP contribution in [0.2, 0.25) is 0 Å². The van der Waals surface area contributed by atoms with Crippen LogP contribution in [0.25, 0.3) is 0 Å². The Morgan fingerprint density at radius 3 is 2.33 bits per heavy atom. The first-order valence-electron chi connectivity index (χ1n) is 6.43. The molecule has 0 aromatic heterocycles. The summed E-state index contributed by atoms with van der Waals surface area (Å²) >= 11 is 0. The number of hydrogen-bond donors (Lipinski definition) is 1. The van der Waals surface area contributed by atoms with Gasteiger partial charge < -0.3 is 14.8 Å². The van der Waals surface area contributed by atoms with Crippen LogP contribution in [0.4, 0.5) is 0 Å². The zero-order chi connectivity index (χ0) is 13.8. The fourth-order valence-electron chi connectivity index (χ4n) is 1.59. The summed E-state index contributed by atoms with van der Waals surface area (Å²) in [5, 5.41) is 3.11. The predicted molar refractivity (Wildman–Crippen MR) is 67.1 cm³/mol. The van der Waals surface area contributed by atoms with Gasteiger partial charge in [0.1, 0.15) is 11.1 Å². The maximum atomic E-state index is 11.9. The topological polar surface area (TPSA) is 64.6 Å². The third-order valence-corrected chi connectivity index (χ3v) is 2.64. The van der Waals surface area contributed by atoms with Crippen molar-refractivity contribution in [3.8, 4) is 0 Å². The molecular formula is C13H23NO4. The van der Waals surface area contributed by atoms with Crippen molar-refractivity contribution in [1.82, 2.24) is 5.32 Å². The number of ether oxygens (including phenoxy) is 2. The molecule has 0 aromatic carbocycles. The van der Waals surface area contributed by atoms with Gasteiger partial charge in [0.2, 0.25) is 0 Å². The molecule has 0 amide bonds. The Kier molecular flexibility index (Phi) is 4.73. The highest BCUT2D eigenvalue weighted by molar-refractivity contribution is 5.84. The van der Waals surface area contributed by atoms with Gasteiger partial charge in [-0.3, -0.25) is 9.59 Å². The molecule has 0 aliphatic heterocycles. The van der Waals surface area contributed by atoms with Crippen LogP contribution in [-0.4, -0.2) is 36.2 Å². The number of rotatable bonds is 6. The molecule has 0 heterocycles. The van der Waals surface area contributed by atoms with Crippen LogP contribution in [0.3, 0.4) is 0 Å². The smallest absolute Gasteiger partial charge is 0.326 e. The molecule has 0 radical (unpaired) electrons. The maximum Gasteiger partial charge on any atom is 0.326 e. The lowest BCUT2D eigenvalue weighted by Crippen LogP contribution is -2.44. The Bertz CT molecular complexity index is 315. The van der Waals surface area contributed by atoms with Crippen molar-refractivity contribution < 1.29 is 19.1 Å². The molecule has 5 heteroatoms. The summed E-state index contributed by atoms with van der Waals surface area (Å²) in [5.74, 6) is -0.469. The second kappa shape index (κ2) is 5.69. The van der Waals surface area contributed by atoms with Crippen LogP contribution in [0.5, 0.6) is 0 Å². The van der Waals surface area contributed by atoms with Crippen molar-refractivity contribution in [3.05, 3.63) is 0 Å². The summed E-state index contributed by atoms with van der Waals surface area (Å²) in [6.45, 7) is 8.14. The van der Waals surface area contributed by atoms with Crippen LogP contribution < -0.4 is 5.32 Å². The molecular weight excluding hydrogens is 234 g/mol. The summed E-state index contributed by atoms with van der Waals surface area (Å²) in [7, 11) is 0. The first kappa shape index (κ1) is 15.0. The Hall–Kier alpha value is -1.10. The minimum atomic E-state index is -0.570. The summed E-state index contributed by atoms with van der Waals surface area (Å²) in [5.41, 5.74) is -1.05. The maximum absolute atomic E-state index is 11.9. The van der Waals surface area contributed by atoms with Crippen molar-refractivity contribution in [2.75, 3.05) is 13.2 Å². The molecule has 18 heavy (non-hydrogen) atoms. The fraction of sp³-hybridized carbons (Fsp3) is 0.846. The van der Waals surface area contributed by atoms with Gasteiger partial charge >= 0.3 is 11.9 Å². The van der Waals surface area contributed by atoms with E-state index in [9.17, 15) is 9.59 Å². The molecule has 0 bridgehead atoms. The van der Waals surface area contributed by atoms with E-state index in [0.29, 0.717) is 13.2 Å². The summed E-state index contributed by atoms with van der Waals surface area (Å²) in [4.78, 5) is 23.1. The summed E-state index contributed by atoms with van der Waals surface area (Å²) in [6, 6.07) is 0. The van der Waals surface area contributed by atoms with E-state index in [1.54, 1.807) is 6.92 Å². The largest absolute Gasteiger partial charge is 0.466 e. The molecule has 1 saturated carbocycles. The van der Waals surface area contributed by atoms with E-state index in [1.165, 1.54) is 0 Å². The third-order valence-electron chi connectivity index (χ3n) is 2.64. The molecule has 104 valence electrons. The highest BCUT2D eigenvalue weighted by Gasteiger charge is 2.51. The van der Waals surface area contributed by atoms with Gasteiger partial charge in [0.15, 0.2) is 0 Å². The van der Waals surface area contributed by atoms with Gasteiger partial charge in [0.05, 0.1) is 13.0 Å². The van der Waals surface area contributed by atoms with E-state index >= 15 is 0 Å². The number of nitrogens with one attached hydrogen (secondary N) is 1. The lowest BCUT2D eigenvalue weighted by atomic mass is 10.2. The second-order valence-electron chi connectivity index (χ2n) is 5.57. The highest BCUT2D eigenvalue weighted by atomic mass is 16.6. The first-order chi connectivity index (χ1) is 8.29. The molecule has 1 aliphatic carbocycles. The van der Waals surface area contributed by atoms with Gasteiger partial charge in [-0.15, -0.1) is 0 Å². The van der Waals surface area contributed by atoms with E-state index < -0.39 is 11.1 Å². The number of carbonyl (C=O) groups is 2. The van der Waals surface area contributed by atoms with E-state index in [2.05, 4.69) is 5.32 Å². The lowest BCUT2D eigenvalue weighted by Gasteiger charge is -2.24. The van der Waals surface area contributed by atoms with Crippen molar-refractivity contribution in [2.45, 2.75) is 58.1 Å². The van der Waals surface area contributed by atoms with Gasteiger partial charge in [0, 0.05) is 6.54 Å². The normalized spacial score (nSPS) is 17.1. The van der Waals surface area contributed by atoms with Crippen LogP contribution in [-0.2, 0) is 19.1 Å². The van der Waals surface area contributed by atoms with Gasteiger partial charge in [-0.05, 0) is 40.5 Å². The molecule has 1 N–H and O–H groups in total. The van der Waals surface area contributed by atoms with Crippen molar-refractivity contribution in [1.29, 1.82) is 0 Å². The SMILES string of the molecule is CCOC(=O)CCNC1(C(=O)OC(C)(C)C)CC1. The van der Waals surface area contributed by atoms with E-state index in [4.69, 9.17) is 9.47 Å². The highest BCUT2D eigenvalue weighted by Crippen LogP contribution is 2.37. The Balaban J connectivity index is 2.33. The Morgan fingerprint density at radius 1 is 1.28 bits per heavy atom. The minimum absolute atomic E-state index is 0.223. The van der Waals surface area contributed by atoms with Crippen molar-refractivity contribution in [3.63, 3.8) is 0 Å². The number of esters is 2. The van der Waals surface area contributed by atoms with Crippen LogP contribution >= 0.6 is 0 Å². The summed E-state index contributed by atoms with van der Waals surface area (Å²) < 4.78 is 10.2. The fourth-order valence-corrected chi connectivity index (χ4v) is 1.59. The van der Waals surface area contributed by atoms with Gasteiger partial charge in [-0.25, -0.2) is 0 Å². The number of hydrogen-bond acceptors (Lipinski definition) is 5. The molecule has 0 saturated heterocycles. The number of carbonyl (C=O) groups excluding carboxylic acids is 2. The standard InChI is InChI=1S/C13H23NO4/c1-5-17-10(15)6-9-14-13(7-8-13)11(16)18-12(2,3)4/h14H,5-9H2,1-4H3. The van der Waals surface area contributed by atoms with Crippen molar-refractivity contribution in [2.24, 2.45) is 0 Å². The Labute approximate surface area is 108 Å². The van der Waals surface area contributed by atoms with Crippen molar-refractivity contribution >= 4 is 11.9 Å². The average molecular weight is 257 g/mol. The second-order valence-corrected chi connectivity index (χ2v) is 5.57. The van der Waals surface area contributed by atoms with E-state index in [-0.39, 0.29) is 18.4 Å². The molecule has 0 unspecified atom stereocenters. The van der Waals surface area contributed by atoms with Gasteiger partial charge in [-0.1, -0.05) is 0 Å². The molecule has 1 rings (SSSR count). The van der Waals surface area contributed by atoms with Crippen LogP contribution in [0.15, 0.2) is 0 Å². The monoisotopic (exact) mass is 257 g/mol. The average Bonchev–Trinajstić information content (AvgIpc) is 2.96. The van der Waals surface area contributed by atoms with Gasteiger partial charge in [0.25, 0.3) is 0 Å². The first-order valence-corrected chi connectivity index (χ1v) is 6.43. The summed E-state index contributed by atoms with van der Waals surface area (Å²) in [6.07, 6.45) is 1.81. The van der Waals surface area contributed by atoms with E-state index in [1.807, 2.05) is 20.8 Å². The van der Waals surface area contributed by atoms with Crippen LogP contribution in [0.1, 0.15) is 47.0 Å². The molecule has 0 atom stereocenters. The minimum Gasteiger partial charge on any atom is -0.466 e. The van der Waals surface area contributed by atoms with E-state index in [0.717, 1.165) is 12.8 Å². The molecule has 5 nitrogen and oxygen atoms in total. The van der Waals surface area contributed by atoms with Crippen LogP contribution in [0, 0.1) is 0 Å². The third kappa shape index (κ3) is 4.64. The molecule has 0 spiro atoms. The quantitative estimate of drug-likeness (QED) is 0.729. The Morgan fingerprint density at radius 2 is 1.89 bits per heavy atom. The lowest BCUT2D eigenvalue weighted by molar-refractivity contribution is -0.159. The molecule has 1 aliphatic rings. The predicted octanol–water partition coefficient (Wildman–Crippen LogP) is 1.40. The zero-order valence-corrected chi connectivity index (χ0v) is 11.7. The molecule has 0 aromatic rings. The zero-order valence-electron chi connectivity index (χ0n) is 11.7. The molecule has 1 fully saturated rings.